The Labute approximate surface area is 159 Å². The van der Waals surface area contributed by atoms with Gasteiger partial charge in [-0.25, -0.2) is 12.7 Å². The van der Waals surface area contributed by atoms with Crippen molar-refractivity contribution in [3.05, 3.63) is 41.2 Å². The molecule has 1 saturated heterocycles. The van der Waals surface area contributed by atoms with Crippen molar-refractivity contribution >= 4 is 21.7 Å². The number of amides is 1. The van der Waals surface area contributed by atoms with Gasteiger partial charge in [0.2, 0.25) is 10.0 Å². The molecule has 146 valence electrons. The molecular weight excluding hydrogens is 368 g/mol. The molecule has 1 fully saturated rings. The summed E-state index contributed by atoms with van der Waals surface area (Å²) >= 11 is 0. The lowest BCUT2D eigenvalue weighted by Gasteiger charge is -2.34. The monoisotopic (exact) mass is 392 g/mol. The summed E-state index contributed by atoms with van der Waals surface area (Å²) in [4.78, 5) is 16.8. The molecular formula is C18H24N4O4S. The van der Waals surface area contributed by atoms with Crippen LogP contribution in [0.25, 0.3) is 0 Å². The Morgan fingerprint density at radius 1 is 1.11 bits per heavy atom. The molecule has 0 N–H and O–H groups in total. The molecule has 0 radical (unpaired) electrons. The average molecular weight is 392 g/mol. The number of benzene rings is 1. The van der Waals surface area contributed by atoms with Crippen molar-refractivity contribution in [3.63, 3.8) is 0 Å². The van der Waals surface area contributed by atoms with Crippen LogP contribution in [0.15, 0.2) is 33.7 Å². The summed E-state index contributed by atoms with van der Waals surface area (Å²) in [6, 6.07) is 6.70. The van der Waals surface area contributed by atoms with E-state index in [-0.39, 0.29) is 10.8 Å². The first-order valence-electron chi connectivity index (χ1n) is 8.71. The standard InChI is InChI=1S/C18H24N4O4S/c1-13-5-6-15(12-16(13)27(24,25)20(3)4)18(23)22-9-7-21(8-10-22)17-11-14(2)26-19-17/h5-6,11-12H,7-10H2,1-4H3. The Morgan fingerprint density at radius 3 is 2.33 bits per heavy atom. The van der Waals surface area contributed by atoms with E-state index in [2.05, 4.69) is 10.1 Å². The minimum absolute atomic E-state index is 0.162. The van der Waals surface area contributed by atoms with Crippen LogP contribution in [0.2, 0.25) is 0 Å². The number of sulfonamides is 1. The summed E-state index contributed by atoms with van der Waals surface area (Å²) in [5, 5.41) is 4.01. The van der Waals surface area contributed by atoms with Gasteiger partial charge < -0.3 is 14.3 Å². The number of hydrogen-bond donors (Lipinski definition) is 0. The molecule has 0 aliphatic carbocycles. The van der Waals surface area contributed by atoms with Gasteiger partial charge in [0.15, 0.2) is 5.82 Å². The lowest BCUT2D eigenvalue weighted by molar-refractivity contribution is 0.0746. The molecule has 9 heteroatoms. The second kappa shape index (κ2) is 7.32. The average Bonchev–Trinajstić information content (AvgIpc) is 3.08. The van der Waals surface area contributed by atoms with Crippen LogP contribution in [0.4, 0.5) is 5.82 Å². The van der Waals surface area contributed by atoms with Gasteiger partial charge in [-0.2, -0.15) is 0 Å². The number of hydrogen-bond acceptors (Lipinski definition) is 6. The molecule has 0 unspecified atom stereocenters. The van der Waals surface area contributed by atoms with Gasteiger partial charge in [0.05, 0.1) is 4.90 Å². The van der Waals surface area contributed by atoms with Crippen LogP contribution in [0.3, 0.4) is 0 Å². The summed E-state index contributed by atoms with van der Waals surface area (Å²) in [5.41, 5.74) is 0.998. The molecule has 1 aromatic carbocycles. The van der Waals surface area contributed by atoms with Gasteiger partial charge in [0.25, 0.3) is 5.91 Å². The zero-order valence-corrected chi connectivity index (χ0v) is 16.8. The normalized spacial score (nSPS) is 15.4. The van der Waals surface area contributed by atoms with Crippen LogP contribution < -0.4 is 4.90 Å². The van der Waals surface area contributed by atoms with Crippen molar-refractivity contribution in [2.24, 2.45) is 0 Å². The third-order valence-corrected chi connectivity index (χ3v) is 6.66. The third-order valence-electron chi connectivity index (χ3n) is 4.70. The second-order valence-electron chi connectivity index (χ2n) is 6.84. The maximum absolute atomic E-state index is 12.9. The Hall–Kier alpha value is -2.39. The Morgan fingerprint density at radius 2 is 1.78 bits per heavy atom. The van der Waals surface area contributed by atoms with Crippen molar-refractivity contribution in [2.75, 3.05) is 45.2 Å². The largest absolute Gasteiger partial charge is 0.360 e. The van der Waals surface area contributed by atoms with Crippen LogP contribution >= 0.6 is 0 Å². The molecule has 1 aliphatic heterocycles. The number of anilines is 1. The summed E-state index contributed by atoms with van der Waals surface area (Å²) in [5.74, 6) is 1.35. The number of nitrogens with zero attached hydrogens (tertiary/aromatic N) is 4. The SMILES string of the molecule is Cc1cc(N2CCN(C(=O)c3ccc(C)c(S(=O)(=O)N(C)C)c3)CC2)no1. The van der Waals surface area contributed by atoms with Gasteiger partial charge in [0, 0.05) is 51.9 Å². The van der Waals surface area contributed by atoms with Crippen LogP contribution in [0.1, 0.15) is 21.7 Å². The van der Waals surface area contributed by atoms with Crippen molar-refractivity contribution in [2.45, 2.75) is 18.7 Å². The third kappa shape index (κ3) is 3.84. The molecule has 0 saturated carbocycles. The van der Waals surface area contributed by atoms with Gasteiger partial charge in [-0.3, -0.25) is 4.79 Å². The maximum atomic E-state index is 12.9. The molecule has 2 aromatic rings. The van der Waals surface area contributed by atoms with Gasteiger partial charge >= 0.3 is 0 Å². The highest BCUT2D eigenvalue weighted by Gasteiger charge is 2.26. The van der Waals surface area contributed by atoms with E-state index in [1.54, 1.807) is 24.0 Å². The predicted molar refractivity (Wildman–Crippen MR) is 101 cm³/mol. The Kier molecular flexibility index (Phi) is 5.25. The van der Waals surface area contributed by atoms with Crippen LogP contribution in [0, 0.1) is 13.8 Å². The van der Waals surface area contributed by atoms with E-state index in [9.17, 15) is 13.2 Å². The van der Waals surface area contributed by atoms with E-state index < -0.39 is 10.0 Å². The van der Waals surface area contributed by atoms with E-state index >= 15 is 0 Å². The summed E-state index contributed by atoms with van der Waals surface area (Å²) in [6.07, 6.45) is 0. The minimum atomic E-state index is -3.60. The topological polar surface area (TPSA) is 87.0 Å². The lowest BCUT2D eigenvalue weighted by atomic mass is 10.1. The van der Waals surface area contributed by atoms with Gasteiger partial charge in [0.1, 0.15) is 5.76 Å². The molecule has 0 atom stereocenters. The first-order chi connectivity index (χ1) is 12.7. The molecule has 0 bridgehead atoms. The molecule has 1 aromatic heterocycles. The fourth-order valence-corrected chi connectivity index (χ4v) is 4.18. The quantitative estimate of drug-likeness (QED) is 0.784. The molecule has 8 nitrogen and oxygen atoms in total. The van der Waals surface area contributed by atoms with Crippen molar-refractivity contribution in [1.29, 1.82) is 0 Å². The first kappa shape index (κ1) is 19.4. The molecule has 3 rings (SSSR count). The highest BCUT2D eigenvalue weighted by atomic mass is 32.2. The molecule has 0 spiro atoms. The highest BCUT2D eigenvalue weighted by molar-refractivity contribution is 7.89. The predicted octanol–water partition coefficient (Wildman–Crippen LogP) is 1.50. The van der Waals surface area contributed by atoms with Crippen LogP contribution in [-0.2, 0) is 10.0 Å². The Balaban J connectivity index is 1.75. The first-order valence-corrected chi connectivity index (χ1v) is 10.1. The number of aryl methyl sites for hydroxylation is 2. The number of rotatable bonds is 4. The highest BCUT2D eigenvalue weighted by Crippen LogP contribution is 2.22. The zero-order valence-electron chi connectivity index (χ0n) is 16.0. The van der Waals surface area contributed by atoms with Crippen molar-refractivity contribution in [1.82, 2.24) is 14.4 Å². The summed E-state index contributed by atoms with van der Waals surface area (Å²) in [6.45, 7) is 5.93. The molecule has 1 aliphatic rings. The van der Waals surface area contributed by atoms with Gasteiger partial charge in [-0.1, -0.05) is 11.2 Å². The van der Waals surface area contributed by atoms with Crippen LogP contribution in [0.5, 0.6) is 0 Å². The summed E-state index contributed by atoms with van der Waals surface area (Å²) in [7, 11) is -0.641. The van der Waals surface area contributed by atoms with E-state index in [0.29, 0.717) is 37.3 Å². The smallest absolute Gasteiger partial charge is 0.254 e. The fraction of sp³-hybridized carbons (Fsp3) is 0.444. The van der Waals surface area contributed by atoms with Crippen molar-refractivity contribution < 1.29 is 17.7 Å². The fourth-order valence-electron chi connectivity index (χ4n) is 3.03. The van der Waals surface area contributed by atoms with Crippen LogP contribution in [-0.4, -0.2) is 69.0 Å². The van der Waals surface area contributed by atoms with Gasteiger partial charge in [-0.05, 0) is 31.5 Å². The molecule has 27 heavy (non-hydrogen) atoms. The van der Waals surface area contributed by atoms with E-state index in [1.165, 1.54) is 20.2 Å². The van der Waals surface area contributed by atoms with E-state index in [4.69, 9.17) is 4.52 Å². The number of piperazine rings is 1. The Bertz CT molecular complexity index is 944. The molecule has 1 amide bonds. The van der Waals surface area contributed by atoms with E-state index in [0.717, 1.165) is 15.9 Å². The molecule has 2 heterocycles. The maximum Gasteiger partial charge on any atom is 0.254 e. The number of aromatic nitrogens is 1. The minimum Gasteiger partial charge on any atom is -0.360 e. The number of carbonyl (C=O) groups is 1. The van der Waals surface area contributed by atoms with Crippen molar-refractivity contribution in [3.8, 4) is 0 Å². The second-order valence-corrected chi connectivity index (χ2v) is 8.96. The summed E-state index contributed by atoms with van der Waals surface area (Å²) < 4.78 is 31.2. The van der Waals surface area contributed by atoms with E-state index in [1.807, 2.05) is 13.0 Å². The zero-order chi connectivity index (χ0) is 19.8. The number of carbonyl (C=O) groups excluding carboxylic acids is 1. The van der Waals surface area contributed by atoms with Gasteiger partial charge in [-0.15, -0.1) is 0 Å². The lowest BCUT2D eigenvalue weighted by Crippen LogP contribution is -2.49.